The second-order valence-electron chi connectivity index (χ2n) is 8.72. The van der Waals surface area contributed by atoms with Gasteiger partial charge in [-0.1, -0.05) is 18.9 Å². The first-order valence-electron chi connectivity index (χ1n) is 11.8. The van der Waals surface area contributed by atoms with Gasteiger partial charge in [-0.2, -0.15) is 0 Å². The molecule has 1 aromatic heterocycles. The van der Waals surface area contributed by atoms with Crippen molar-refractivity contribution in [2.24, 2.45) is 4.99 Å². The summed E-state index contributed by atoms with van der Waals surface area (Å²) in [5, 5.41) is 3.88. The fourth-order valence-electron chi connectivity index (χ4n) is 4.30. The van der Waals surface area contributed by atoms with Crippen molar-refractivity contribution in [1.82, 2.24) is 0 Å². The van der Waals surface area contributed by atoms with E-state index < -0.39 is 0 Å². The Morgan fingerprint density at radius 1 is 0.971 bits per heavy atom. The molecule has 1 N–H and O–H groups in total. The van der Waals surface area contributed by atoms with Crippen molar-refractivity contribution in [3.8, 4) is 11.5 Å². The molecule has 1 heterocycles. The van der Waals surface area contributed by atoms with E-state index in [0.29, 0.717) is 11.3 Å². The first-order valence-corrected chi connectivity index (χ1v) is 12.6. The standard InChI is InChI=1S/C28H32N2O3S/c1-18-11-13-21(15-19(18)2)30-27(31)26-23-9-7-5-6-8-10-25(23)34-28(26)29-17-20-12-14-22(32-3)16-24(20)33-4/h11-17H,5-10H2,1-4H3,(H,30,31). The van der Waals surface area contributed by atoms with E-state index in [1.807, 2.05) is 36.4 Å². The van der Waals surface area contributed by atoms with Gasteiger partial charge in [0.15, 0.2) is 0 Å². The maximum atomic E-state index is 13.6. The average molecular weight is 477 g/mol. The van der Waals surface area contributed by atoms with Gasteiger partial charge >= 0.3 is 0 Å². The summed E-state index contributed by atoms with van der Waals surface area (Å²) in [4.78, 5) is 19.7. The van der Waals surface area contributed by atoms with E-state index in [0.717, 1.165) is 53.2 Å². The SMILES string of the molecule is COc1ccc(C=Nc2sc3c(c2C(=O)Nc2ccc(C)c(C)c2)CCCCCC3)c(OC)c1. The molecular weight excluding hydrogens is 444 g/mol. The lowest BCUT2D eigenvalue weighted by molar-refractivity contribution is 0.102. The summed E-state index contributed by atoms with van der Waals surface area (Å²) >= 11 is 1.65. The van der Waals surface area contributed by atoms with Gasteiger partial charge in [-0.3, -0.25) is 4.79 Å². The highest BCUT2D eigenvalue weighted by Crippen LogP contribution is 2.39. The number of carbonyl (C=O) groups is 1. The smallest absolute Gasteiger partial charge is 0.259 e. The third kappa shape index (κ3) is 5.33. The number of nitrogens with zero attached hydrogens (tertiary/aromatic N) is 1. The highest BCUT2D eigenvalue weighted by Gasteiger charge is 2.24. The van der Waals surface area contributed by atoms with Crippen molar-refractivity contribution in [2.75, 3.05) is 19.5 Å². The van der Waals surface area contributed by atoms with Crippen LogP contribution in [0.15, 0.2) is 41.4 Å². The number of amides is 1. The zero-order valence-electron chi connectivity index (χ0n) is 20.4. The van der Waals surface area contributed by atoms with E-state index in [2.05, 4.69) is 19.2 Å². The van der Waals surface area contributed by atoms with Gasteiger partial charge in [-0.15, -0.1) is 11.3 Å². The van der Waals surface area contributed by atoms with E-state index in [1.165, 1.54) is 28.8 Å². The molecule has 0 aliphatic heterocycles. The van der Waals surface area contributed by atoms with E-state index in [1.54, 1.807) is 31.8 Å². The molecule has 3 aromatic rings. The number of anilines is 1. The van der Waals surface area contributed by atoms with Crippen molar-refractivity contribution < 1.29 is 14.3 Å². The second kappa shape index (κ2) is 10.9. The Bertz CT molecular complexity index is 1210. The number of aliphatic imine (C=N–C) groups is 1. The Labute approximate surface area is 205 Å². The highest BCUT2D eigenvalue weighted by molar-refractivity contribution is 7.16. The molecule has 0 radical (unpaired) electrons. The summed E-state index contributed by atoms with van der Waals surface area (Å²) in [6.07, 6.45) is 8.40. The first-order chi connectivity index (χ1) is 16.5. The van der Waals surface area contributed by atoms with Crippen LogP contribution in [0.1, 0.15) is 63.2 Å². The quantitative estimate of drug-likeness (QED) is 0.388. The Kier molecular flexibility index (Phi) is 7.68. The number of fused-ring (bicyclic) bond motifs is 1. The van der Waals surface area contributed by atoms with Crippen molar-refractivity contribution in [3.05, 3.63) is 69.1 Å². The fourth-order valence-corrected chi connectivity index (χ4v) is 5.53. The number of benzene rings is 2. The Balaban J connectivity index is 1.72. The average Bonchev–Trinajstić information content (AvgIpc) is 3.16. The van der Waals surface area contributed by atoms with Crippen LogP contribution in [0, 0.1) is 13.8 Å². The van der Waals surface area contributed by atoms with Gasteiger partial charge in [0.25, 0.3) is 5.91 Å². The molecule has 6 heteroatoms. The van der Waals surface area contributed by atoms with Crippen LogP contribution in [0.3, 0.4) is 0 Å². The number of hydrogen-bond acceptors (Lipinski definition) is 5. The molecule has 178 valence electrons. The van der Waals surface area contributed by atoms with Crippen molar-refractivity contribution >= 4 is 34.1 Å². The zero-order valence-corrected chi connectivity index (χ0v) is 21.2. The van der Waals surface area contributed by atoms with Gasteiger partial charge in [0, 0.05) is 28.4 Å². The Hall–Kier alpha value is -3.12. The van der Waals surface area contributed by atoms with Crippen LogP contribution in [0.5, 0.6) is 11.5 Å². The molecule has 0 bridgehead atoms. The lowest BCUT2D eigenvalue weighted by atomic mass is 9.96. The third-order valence-corrected chi connectivity index (χ3v) is 7.61. The summed E-state index contributed by atoms with van der Waals surface area (Å²) in [7, 11) is 3.26. The summed E-state index contributed by atoms with van der Waals surface area (Å²) in [5.41, 5.74) is 5.89. The van der Waals surface area contributed by atoms with Gasteiger partial charge < -0.3 is 14.8 Å². The van der Waals surface area contributed by atoms with E-state index in [4.69, 9.17) is 14.5 Å². The molecule has 34 heavy (non-hydrogen) atoms. The normalized spacial score (nSPS) is 13.8. The minimum atomic E-state index is -0.0878. The molecule has 0 spiro atoms. The maximum absolute atomic E-state index is 13.6. The topological polar surface area (TPSA) is 59.9 Å². The first kappa shape index (κ1) is 24.0. The molecule has 0 atom stereocenters. The van der Waals surface area contributed by atoms with Crippen LogP contribution in [-0.4, -0.2) is 26.3 Å². The molecule has 0 saturated carbocycles. The van der Waals surface area contributed by atoms with Crippen molar-refractivity contribution in [3.63, 3.8) is 0 Å². The van der Waals surface area contributed by atoms with E-state index >= 15 is 0 Å². The summed E-state index contributed by atoms with van der Waals surface area (Å²) < 4.78 is 10.8. The van der Waals surface area contributed by atoms with Gasteiger partial charge in [-0.25, -0.2) is 4.99 Å². The minimum Gasteiger partial charge on any atom is -0.497 e. The number of thiophene rings is 1. The fraction of sp³-hybridized carbons (Fsp3) is 0.357. The number of nitrogens with one attached hydrogen (secondary N) is 1. The van der Waals surface area contributed by atoms with Gasteiger partial charge in [0.05, 0.1) is 19.8 Å². The Morgan fingerprint density at radius 3 is 2.50 bits per heavy atom. The maximum Gasteiger partial charge on any atom is 0.259 e. The van der Waals surface area contributed by atoms with Crippen LogP contribution < -0.4 is 14.8 Å². The third-order valence-electron chi connectivity index (χ3n) is 6.41. The summed E-state index contributed by atoms with van der Waals surface area (Å²) in [6, 6.07) is 11.7. The molecule has 0 unspecified atom stereocenters. The molecular formula is C28H32N2O3S. The molecule has 4 rings (SSSR count). The number of aryl methyl sites for hydroxylation is 3. The van der Waals surface area contributed by atoms with Crippen LogP contribution in [0.25, 0.3) is 0 Å². The molecule has 1 amide bonds. The predicted octanol–water partition coefficient (Wildman–Crippen LogP) is 7.04. The molecule has 1 aliphatic rings. The van der Waals surface area contributed by atoms with E-state index in [9.17, 15) is 4.79 Å². The van der Waals surface area contributed by atoms with Gasteiger partial charge in [-0.05, 0) is 80.5 Å². The second-order valence-corrected chi connectivity index (χ2v) is 9.80. The van der Waals surface area contributed by atoms with Crippen LogP contribution in [0.2, 0.25) is 0 Å². The zero-order chi connectivity index (χ0) is 24.1. The largest absolute Gasteiger partial charge is 0.497 e. The van der Waals surface area contributed by atoms with Gasteiger partial charge in [0.1, 0.15) is 16.5 Å². The predicted molar refractivity (Wildman–Crippen MR) is 141 cm³/mol. The summed E-state index contributed by atoms with van der Waals surface area (Å²) in [6.45, 7) is 4.13. The van der Waals surface area contributed by atoms with Gasteiger partial charge in [0.2, 0.25) is 0 Å². The minimum absolute atomic E-state index is 0.0878. The number of ether oxygens (including phenoxy) is 2. The number of carbonyl (C=O) groups excluding carboxylic acids is 1. The van der Waals surface area contributed by atoms with Crippen LogP contribution in [0.4, 0.5) is 10.7 Å². The highest BCUT2D eigenvalue weighted by atomic mass is 32.1. The van der Waals surface area contributed by atoms with Crippen LogP contribution >= 0.6 is 11.3 Å². The number of methoxy groups -OCH3 is 2. The molecule has 0 saturated heterocycles. The molecule has 0 fully saturated rings. The monoisotopic (exact) mass is 476 g/mol. The lowest BCUT2D eigenvalue weighted by Gasteiger charge is -2.12. The number of hydrogen-bond donors (Lipinski definition) is 1. The summed E-state index contributed by atoms with van der Waals surface area (Å²) in [5.74, 6) is 1.32. The van der Waals surface area contributed by atoms with Crippen molar-refractivity contribution in [1.29, 1.82) is 0 Å². The van der Waals surface area contributed by atoms with Crippen molar-refractivity contribution in [2.45, 2.75) is 52.4 Å². The number of rotatable bonds is 6. The van der Waals surface area contributed by atoms with Crippen LogP contribution in [-0.2, 0) is 12.8 Å². The Morgan fingerprint density at radius 2 is 1.76 bits per heavy atom. The molecule has 5 nitrogen and oxygen atoms in total. The lowest BCUT2D eigenvalue weighted by Crippen LogP contribution is -2.14. The van der Waals surface area contributed by atoms with E-state index in [-0.39, 0.29) is 5.91 Å². The molecule has 1 aliphatic carbocycles. The molecule has 2 aromatic carbocycles.